The maximum absolute atomic E-state index is 13.8. The summed E-state index contributed by atoms with van der Waals surface area (Å²) >= 11 is 0. The monoisotopic (exact) mass is 441 g/mol. The first-order chi connectivity index (χ1) is 14.4. The number of fused-ring (bicyclic) bond motifs is 2. The Balaban J connectivity index is 1.78. The van der Waals surface area contributed by atoms with E-state index in [-0.39, 0.29) is 11.5 Å². The van der Waals surface area contributed by atoms with Gasteiger partial charge in [0.05, 0.1) is 11.5 Å². The van der Waals surface area contributed by atoms with Gasteiger partial charge in [-0.05, 0) is 26.0 Å². The van der Waals surface area contributed by atoms with Gasteiger partial charge in [-0.1, -0.05) is 0 Å². The Morgan fingerprint density at radius 2 is 1.45 bits per heavy atom. The lowest BCUT2D eigenvalue weighted by Gasteiger charge is -2.35. The SMILES string of the molecule is Cc1cc2c(c(=O)o1)C(/C=C/C=C1\O[B-](F)(F)Oc3cc(C)oc(=O)c31)=[O+][B-](F)(F)O2. The first kappa shape index (κ1) is 20.6. The number of halogens is 4. The van der Waals surface area contributed by atoms with Crippen molar-refractivity contribution in [3.8, 4) is 11.5 Å². The van der Waals surface area contributed by atoms with E-state index in [9.17, 15) is 26.9 Å². The second kappa shape index (κ2) is 6.93. The summed E-state index contributed by atoms with van der Waals surface area (Å²) in [7, 11) is -9.60. The summed E-state index contributed by atoms with van der Waals surface area (Å²) in [5.41, 5.74) is -2.86. The second-order valence-corrected chi connectivity index (χ2v) is 6.56. The summed E-state index contributed by atoms with van der Waals surface area (Å²) in [6.45, 7) is 2.72. The topological polar surface area (TPSA) is 99.4 Å². The third kappa shape index (κ3) is 4.00. The van der Waals surface area contributed by atoms with Gasteiger partial charge in [0.2, 0.25) is 0 Å². The molecule has 0 fully saturated rings. The van der Waals surface area contributed by atoms with E-state index in [1.807, 2.05) is 0 Å². The van der Waals surface area contributed by atoms with Gasteiger partial charge in [0, 0.05) is 18.2 Å². The number of aryl methyl sites for hydroxylation is 2. The van der Waals surface area contributed by atoms with Crippen LogP contribution in [0.3, 0.4) is 0 Å². The largest absolute Gasteiger partial charge is 0.995 e. The number of allylic oxidation sites excluding steroid dienone is 3. The van der Waals surface area contributed by atoms with Crippen molar-refractivity contribution < 1.29 is 44.4 Å². The van der Waals surface area contributed by atoms with Gasteiger partial charge >= 0.3 is 25.5 Å². The Morgan fingerprint density at radius 3 is 2.10 bits per heavy atom. The highest BCUT2D eigenvalue weighted by Gasteiger charge is 2.54. The number of hydrogen-bond donors (Lipinski definition) is 0. The van der Waals surface area contributed by atoms with E-state index in [1.54, 1.807) is 0 Å². The molecule has 0 saturated carbocycles. The predicted molar refractivity (Wildman–Crippen MR) is 99.2 cm³/mol. The fourth-order valence-corrected chi connectivity index (χ4v) is 3.02. The lowest BCUT2D eigenvalue weighted by Crippen LogP contribution is -2.40. The Labute approximate surface area is 170 Å². The van der Waals surface area contributed by atoms with Crippen molar-refractivity contribution in [2.24, 2.45) is 0 Å². The number of ketones is 1. The molecule has 2 aliphatic rings. The predicted octanol–water partition coefficient (Wildman–Crippen LogP) is 3.08. The number of carbonyl (C=O) groups excluding carboxylic acids is 1. The quantitative estimate of drug-likeness (QED) is 0.306. The molecule has 0 radical (unpaired) electrons. The normalized spacial score (nSPS) is 19.7. The molecule has 0 unspecified atom stereocenters. The summed E-state index contributed by atoms with van der Waals surface area (Å²) in [5.74, 6) is -2.12. The van der Waals surface area contributed by atoms with Crippen LogP contribution in [0.2, 0.25) is 0 Å². The van der Waals surface area contributed by atoms with E-state index in [2.05, 4.69) is 18.3 Å². The number of rotatable bonds is 2. The van der Waals surface area contributed by atoms with E-state index >= 15 is 0 Å². The molecule has 0 aliphatic carbocycles. The summed E-state index contributed by atoms with van der Waals surface area (Å²) in [4.78, 5) is 24.1. The molecule has 0 N–H and O–H groups in total. The van der Waals surface area contributed by atoms with Crippen LogP contribution in [0.15, 0.2) is 48.8 Å². The van der Waals surface area contributed by atoms with E-state index in [4.69, 9.17) is 8.83 Å². The molecule has 0 spiro atoms. The van der Waals surface area contributed by atoms with E-state index < -0.39 is 59.6 Å². The maximum atomic E-state index is 13.8. The van der Waals surface area contributed by atoms with Crippen LogP contribution in [0.1, 0.15) is 27.0 Å². The first-order valence-corrected chi connectivity index (χ1v) is 8.76. The van der Waals surface area contributed by atoms with Crippen molar-refractivity contribution >= 4 is 25.8 Å². The summed E-state index contributed by atoms with van der Waals surface area (Å²) in [6.07, 6.45) is 2.73. The van der Waals surface area contributed by atoms with Crippen molar-refractivity contribution in [2.75, 3.05) is 0 Å². The van der Waals surface area contributed by atoms with E-state index in [0.29, 0.717) is 0 Å². The maximum Gasteiger partial charge on any atom is 0.995 e. The molecule has 0 saturated heterocycles. The fourth-order valence-electron chi connectivity index (χ4n) is 3.02. The second-order valence-electron chi connectivity index (χ2n) is 6.56. The molecule has 2 aliphatic heterocycles. The molecule has 0 atom stereocenters. The highest BCUT2D eigenvalue weighted by atomic mass is 19.3. The highest BCUT2D eigenvalue weighted by Crippen LogP contribution is 2.36. The molecule has 0 aromatic carbocycles. The molecule has 8 nitrogen and oxygen atoms in total. The molecular weight excluding hydrogens is 430 g/mol. The molecule has 162 valence electrons. The summed E-state index contributed by atoms with van der Waals surface area (Å²) < 4.78 is 82.5. The summed E-state index contributed by atoms with van der Waals surface area (Å²) in [5, 5.41) is 0. The molecule has 0 bridgehead atoms. The zero-order chi connectivity index (χ0) is 22.6. The summed E-state index contributed by atoms with van der Waals surface area (Å²) in [6, 6.07) is 2.16. The van der Waals surface area contributed by atoms with Crippen molar-refractivity contribution in [2.45, 2.75) is 13.8 Å². The average molecular weight is 441 g/mol. The minimum Gasteiger partial charge on any atom is -0.627 e. The minimum atomic E-state index is -4.80. The Hall–Kier alpha value is -3.70. The molecule has 0 amide bonds. The Bertz CT molecular complexity index is 1290. The molecule has 2 aromatic heterocycles. The van der Waals surface area contributed by atoms with Gasteiger partial charge in [-0.25, -0.2) is 9.59 Å². The molecular formula is C17H11B2F4O8-. The van der Waals surface area contributed by atoms with Crippen molar-refractivity contribution in [1.29, 1.82) is 0 Å². The fraction of sp³-hybridized carbons (Fsp3) is 0.118. The zero-order valence-corrected chi connectivity index (χ0v) is 15.8. The third-order valence-corrected chi connectivity index (χ3v) is 4.12. The van der Waals surface area contributed by atoms with Gasteiger partial charge in [0.25, 0.3) is 5.78 Å². The van der Waals surface area contributed by atoms with Crippen LogP contribution in [-0.2, 0) is 4.65 Å². The molecule has 31 heavy (non-hydrogen) atoms. The Morgan fingerprint density at radius 1 is 0.871 bits per heavy atom. The number of hydrogen-bond acceptors (Lipinski definition) is 7. The van der Waals surface area contributed by atoms with Crippen molar-refractivity contribution in [1.82, 2.24) is 0 Å². The van der Waals surface area contributed by atoms with Gasteiger partial charge in [-0.2, -0.15) is 0 Å². The zero-order valence-electron chi connectivity index (χ0n) is 15.8. The van der Waals surface area contributed by atoms with Crippen LogP contribution in [0, 0.1) is 13.8 Å². The third-order valence-electron chi connectivity index (χ3n) is 4.12. The van der Waals surface area contributed by atoms with Crippen molar-refractivity contribution in [3.05, 3.63) is 73.8 Å². The van der Waals surface area contributed by atoms with Crippen LogP contribution in [-0.4, -0.2) is 20.0 Å². The van der Waals surface area contributed by atoms with Gasteiger partial charge < -0.3 is 44.4 Å². The van der Waals surface area contributed by atoms with Gasteiger partial charge in [-0.15, -0.1) is 0 Å². The van der Waals surface area contributed by atoms with E-state index in [0.717, 1.165) is 30.4 Å². The van der Waals surface area contributed by atoms with Crippen LogP contribution in [0.25, 0.3) is 5.76 Å². The van der Waals surface area contributed by atoms with E-state index in [1.165, 1.54) is 13.8 Å². The molecule has 2 aromatic rings. The van der Waals surface area contributed by atoms with Gasteiger partial charge in [-0.3, -0.25) is 0 Å². The lowest BCUT2D eigenvalue weighted by molar-refractivity contribution is -0.180. The van der Waals surface area contributed by atoms with Crippen LogP contribution in [0.4, 0.5) is 17.3 Å². The highest BCUT2D eigenvalue weighted by molar-refractivity contribution is 6.54. The smallest absolute Gasteiger partial charge is 0.627 e. The standard InChI is InChI=1S/C17H11B2F4O8/c1-8-6-12-14(16(24)26-8)10(28-18(20,21)30-12)4-3-5-11-15-13(31-19(22,23)29-11)7-9(2)27-17(15)25/h3-7H,1-2H3/q-1/b4-3+,11-5-. The first-order valence-electron chi connectivity index (χ1n) is 8.76. The molecule has 4 rings (SSSR count). The minimum absolute atomic E-state index is 0.0291. The van der Waals surface area contributed by atoms with Crippen LogP contribution in [0.5, 0.6) is 11.5 Å². The van der Waals surface area contributed by atoms with Crippen molar-refractivity contribution in [3.63, 3.8) is 0 Å². The van der Waals surface area contributed by atoms with Crippen LogP contribution >= 0.6 is 0 Å². The lowest BCUT2D eigenvalue weighted by atomic mass is 10.0. The van der Waals surface area contributed by atoms with Gasteiger partial charge in [0.1, 0.15) is 22.8 Å². The molecule has 4 heterocycles. The van der Waals surface area contributed by atoms with Crippen LogP contribution < -0.4 is 20.6 Å². The van der Waals surface area contributed by atoms with Gasteiger partial charge in [0.15, 0.2) is 5.56 Å². The Kier molecular flexibility index (Phi) is 4.60. The molecule has 14 heteroatoms. The average Bonchev–Trinajstić information content (AvgIpc) is 2.57.